The molecular weight excluding hydrogens is 304 g/mol. The van der Waals surface area contributed by atoms with E-state index in [9.17, 15) is 4.79 Å². The first-order chi connectivity index (χ1) is 10.6. The second-order valence-electron chi connectivity index (χ2n) is 5.52. The average molecular weight is 327 g/mol. The number of hydrogen-bond donors (Lipinski definition) is 2. The lowest BCUT2D eigenvalue weighted by Gasteiger charge is -2.36. The van der Waals surface area contributed by atoms with E-state index < -0.39 is 6.23 Å². The lowest BCUT2D eigenvalue weighted by Crippen LogP contribution is -2.52. The zero-order valence-corrected chi connectivity index (χ0v) is 13.6. The number of carbonyl (C=O) groups excluding carboxylic acids is 1. The summed E-state index contributed by atoms with van der Waals surface area (Å²) in [6, 6.07) is 6.99. The molecule has 2 unspecified atom stereocenters. The number of likely N-dealkylation sites (tertiary alicyclic amines) is 1. The van der Waals surface area contributed by atoms with Gasteiger partial charge in [0, 0.05) is 24.2 Å². The van der Waals surface area contributed by atoms with Crippen LogP contribution in [0.5, 0.6) is 5.75 Å². The van der Waals surface area contributed by atoms with Crippen molar-refractivity contribution < 1.29 is 14.6 Å². The first-order valence-electron chi connectivity index (χ1n) is 7.70. The standard InChI is InChI=1S/C16H23ClN2O3/c1-12(22-15-7-5-13(17)6-8-15)18-16(21)19-10-3-2-4-14(19)9-11-20/h5-8,12,14,20H,2-4,9-11H2,1H3,(H,18,21). The van der Waals surface area contributed by atoms with Gasteiger partial charge < -0.3 is 20.1 Å². The lowest BCUT2D eigenvalue weighted by atomic mass is 10.0. The molecule has 1 heterocycles. The van der Waals surface area contributed by atoms with Crippen LogP contribution >= 0.6 is 11.6 Å². The molecule has 0 bridgehead atoms. The molecule has 2 amide bonds. The quantitative estimate of drug-likeness (QED) is 0.818. The normalized spacial score (nSPS) is 19.6. The Balaban J connectivity index is 1.87. The molecule has 1 fully saturated rings. The molecule has 6 heteroatoms. The van der Waals surface area contributed by atoms with Gasteiger partial charge in [-0.25, -0.2) is 4.79 Å². The van der Waals surface area contributed by atoms with Gasteiger partial charge in [-0.15, -0.1) is 0 Å². The monoisotopic (exact) mass is 326 g/mol. The van der Waals surface area contributed by atoms with Gasteiger partial charge in [0.1, 0.15) is 5.75 Å². The minimum absolute atomic E-state index is 0.102. The number of halogens is 1. The van der Waals surface area contributed by atoms with E-state index in [1.165, 1.54) is 0 Å². The highest BCUT2D eigenvalue weighted by Crippen LogP contribution is 2.20. The first kappa shape index (κ1) is 16.9. The van der Waals surface area contributed by atoms with E-state index >= 15 is 0 Å². The highest BCUT2D eigenvalue weighted by molar-refractivity contribution is 6.30. The van der Waals surface area contributed by atoms with Crippen LogP contribution in [0.4, 0.5) is 4.79 Å². The van der Waals surface area contributed by atoms with Crippen LogP contribution < -0.4 is 10.1 Å². The Morgan fingerprint density at radius 1 is 1.45 bits per heavy atom. The van der Waals surface area contributed by atoms with Crippen LogP contribution in [0.25, 0.3) is 0 Å². The second-order valence-corrected chi connectivity index (χ2v) is 5.96. The molecule has 0 spiro atoms. The third-order valence-corrected chi connectivity index (χ3v) is 4.06. The Kier molecular flexibility index (Phi) is 6.34. The number of rotatable bonds is 5. The lowest BCUT2D eigenvalue weighted by molar-refractivity contribution is 0.113. The van der Waals surface area contributed by atoms with E-state index in [0.29, 0.717) is 17.2 Å². The zero-order chi connectivity index (χ0) is 15.9. The summed E-state index contributed by atoms with van der Waals surface area (Å²) in [5, 5.41) is 12.6. The first-order valence-corrected chi connectivity index (χ1v) is 8.08. The number of amides is 2. The van der Waals surface area contributed by atoms with E-state index in [0.717, 1.165) is 25.8 Å². The number of benzene rings is 1. The van der Waals surface area contributed by atoms with Gasteiger partial charge in [-0.2, -0.15) is 0 Å². The second kappa shape index (κ2) is 8.25. The van der Waals surface area contributed by atoms with Crippen LogP contribution in [0, 0.1) is 0 Å². The number of piperidine rings is 1. The van der Waals surface area contributed by atoms with Crippen molar-refractivity contribution >= 4 is 17.6 Å². The summed E-state index contributed by atoms with van der Waals surface area (Å²) in [5.41, 5.74) is 0. The molecule has 0 radical (unpaired) electrons. The Labute approximate surface area is 136 Å². The van der Waals surface area contributed by atoms with Crippen molar-refractivity contribution in [1.29, 1.82) is 0 Å². The third-order valence-electron chi connectivity index (χ3n) is 3.80. The molecule has 1 aliphatic rings. The zero-order valence-electron chi connectivity index (χ0n) is 12.8. The van der Waals surface area contributed by atoms with E-state index in [1.54, 1.807) is 36.1 Å². The van der Waals surface area contributed by atoms with Crippen molar-refractivity contribution in [2.75, 3.05) is 13.2 Å². The number of nitrogens with zero attached hydrogens (tertiary/aromatic N) is 1. The van der Waals surface area contributed by atoms with Crippen molar-refractivity contribution in [3.05, 3.63) is 29.3 Å². The summed E-state index contributed by atoms with van der Waals surface area (Å²) in [7, 11) is 0. The van der Waals surface area contributed by atoms with Crippen LogP contribution in [0.3, 0.4) is 0 Å². The molecule has 2 atom stereocenters. The number of nitrogens with one attached hydrogen (secondary N) is 1. The molecule has 0 aliphatic carbocycles. The minimum Gasteiger partial charge on any atom is -0.471 e. The molecule has 1 aliphatic heterocycles. The topological polar surface area (TPSA) is 61.8 Å². The maximum Gasteiger partial charge on any atom is 0.320 e. The van der Waals surface area contributed by atoms with Gasteiger partial charge in [-0.3, -0.25) is 0 Å². The fraction of sp³-hybridized carbons (Fsp3) is 0.562. The van der Waals surface area contributed by atoms with Gasteiger partial charge in [-0.05, 0) is 56.9 Å². The van der Waals surface area contributed by atoms with E-state index in [-0.39, 0.29) is 18.7 Å². The fourth-order valence-electron chi connectivity index (χ4n) is 2.72. The molecule has 5 nitrogen and oxygen atoms in total. The Bertz CT molecular complexity index is 479. The minimum atomic E-state index is -0.439. The molecule has 0 saturated carbocycles. The van der Waals surface area contributed by atoms with E-state index in [1.807, 2.05) is 0 Å². The van der Waals surface area contributed by atoms with Crippen LogP contribution in [-0.4, -0.2) is 41.5 Å². The summed E-state index contributed by atoms with van der Waals surface area (Å²) >= 11 is 5.83. The molecule has 1 saturated heterocycles. The molecule has 2 rings (SSSR count). The summed E-state index contributed by atoms with van der Waals surface area (Å²) in [5.74, 6) is 0.655. The predicted molar refractivity (Wildman–Crippen MR) is 86.1 cm³/mol. The molecule has 1 aromatic carbocycles. The number of carbonyl (C=O) groups is 1. The highest BCUT2D eigenvalue weighted by Gasteiger charge is 2.27. The largest absolute Gasteiger partial charge is 0.471 e. The maximum absolute atomic E-state index is 12.4. The van der Waals surface area contributed by atoms with E-state index in [4.69, 9.17) is 21.4 Å². The highest BCUT2D eigenvalue weighted by atomic mass is 35.5. The van der Waals surface area contributed by atoms with Gasteiger partial charge in [0.15, 0.2) is 6.23 Å². The number of aliphatic hydroxyl groups excluding tert-OH is 1. The Morgan fingerprint density at radius 3 is 2.86 bits per heavy atom. The average Bonchev–Trinajstić information content (AvgIpc) is 2.50. The molecule has 122 valence electrons. The number of ether oxygens (including phenoxy) is 1. The summed E-state index contributed by atoms with van der Waals surface area (Å²) in [6.07, 6.45) is 3.23. The van der Waals surface area contributed by atoms with Crippen molar-refractivity contribution in [3.63, 3.8) is 0 Å². The molecule has 0 aromatic heterocycles. The summed E-state index contributed by atoms with van der Waals surface area (Å²) in [4.78, 5) is 14.2. The van der Waals surface area contributed by atoms with Crippen LogP contribution in [0.2, 0.25) is 5.02 Å². The predicted octanol–water partition coefficient (Wildman–Crippen LogP) is 3.01. The van der Waals surface area contributed by atoms with Crippen molar-refractivity contribution in [2.45, 2.75) is 44.9 Å². The molecule has 22 heavy (non-hydrogen) atoms. The number of hydrogen-bond acceptors (Lipinski definition) is 3. The van der Waals surface area contributed by atoms with Gasteiger partial charge in [0.2, 0.25) is 0 Å². The van der Waals surface area contributed by atoms with Crippen molar-refractivity contribution in [1.82, 2.24) is 10.2 Å². The van der Waals surface area contributed by atoms with Gasteiger partial charge in [-0.1, -0.05) is 11.6 Å². The van der Waals surface area contributed by atoms with Crippen LogP contribution in [-0.2, 0) is 0 Å². The summed E-state index contributed by atoms with van der Waals surface area (Å²) in [6.45, 7) is 2.62. The molecular formula is C16H23ClN2O3. The van der Waals surface area contributed by atoms with Crippen LogP contribution in [0.15, 0.2) is 24.3 Å². The van der Waals surface area contributed by atoms with Crippen molar-refractivity contribution in [3.8, 4) is 5.75 Å². The Morgan fingerprint density at radius 2 is 2.18 bits per heavy atom. The SMILES string of the molecule is CC(NC(=O)N1CCCCC1CCO)Oc1ccc(Cl)cc1. The van der Waals surface area contributed by atoms with Crippen molar-refractivity contribution in [2.24, 2.45) is 0 Å². The molecule has 1 aromatic rings. The third kappa shape index (κ3) is 4.78. The number of aliphatic hydroxyl groups is 1. The smallest absolute Gasteiger partial charge is 0.320 e. The van der Waals surface area contributed by atoms with Gasteiger partial charge in [0.25, 0.3) is 0 Å². The fourth-order valence-corrected chi connectivity index (χ4v) is 2.85. The number of urea groups is 1. The summed E-state index contributed by atoms with van der Waals surface area (Å²) < 4.78 is 5.66. The van der Waals surface area contributed by atoms with Gasteiger partial charge >= 0.3 is 6.03 Å². The van der Waals surface area contributed by atoms with Crippen LogP contribution in [0.1, 0.15) is 32.6 Å². The molecule has 2 N–H and O–H groups in total. The van der Waals surface area contributed by atoms with E-state index in [2.05, 4.69) is 5.32 Å². The Hall–Kier alpha value is -1.46. The maximum atomic E-state index is 12.4. The van der Waals surface area contributed by atoms with Gasteiger partial charge in [0.05, 0.1) is 0 Å².